The number of rotatable bonds is 6. The molecule has 0 spiro atoms. The predicted octanol–water partition coefficient (Wildman–Crippen LogP) is 6.17. The number of para-hydroxylation sites is 1. The van der Waals surface area contributed by atoms with Crippen molar-refractivity contribution >= 4 is 16.5 Å². The summed E-state index contributed by atoms with van der Waals surface area (Å²) in [4.78, 5) is 0. The zero-order valence-corrected chi connectivity index (χ0v) is 14.9. The van der Waals surface area contributed by atoms with E-state index in [9.17, 15) is 4.39 Å². The molecular formula is C24H20FNO. The smallest absolute Gasteiger partial charge is 0.124 e. The van der Waals surface area contributed by atoms with Crippen molar-refractivity contribution in [2.24, 2.45) is 0 Å². The first-order valence-electron chi connectivity index (χ1n) is 8.96. The first-order valence-corrected chi connectivity index (χ1v) is 8.96. The molecular weight excluding hydrogens is 337 g/mol. The van der Waals surface area contributed by atoms with Crippen molar-refractivity contribution in [1.82, 2.24) is 0 Å². The monoisotopic (exact) mass is 357 g/mol. The van der Waals surface area contributed by atoms with E-state index in [1.807, 2.05) is 36.4 Å². The fourth-order valence-corrected chi connectivity index (χ4v) is 3.13. The molecule has 0 saturated carbocycles. The van der Waals surface area contributed by atoms with Crippen molar-refractivity contribution in [2.45, 2.75) is 13.2 Å². The van der Waals surface area contributed by atoms with Crippen LogP contribution in [0.5, 0.6) is 5.75 Å². The third kappa shape index (κ3) is 4.09. The van der Waals surface area contributed by atoms with Gasteiger partial charge in [-0.3, -0.25) is 0 Å². The molecule has 0 atom stereocenters. The molecule has 0 fully saturated rings. The number of nitrogens with one attached hydrogen (secondary N) is 1. The molecule has 0 heterocycles. The van der Waals surface area contributed by atoms with Gasteiger partial charge in [-0.15, -0.1) is 0 Å². The third-order valence-electron chi connectivity index (χ3n) is 4.56. The average Bonchev–Trinajstić information content (AvgIpc) is 2.72. The molecule has 0 bridgehead atoms. The van der Waals surface area contributed by atoms with E-state index in [1.54, 1.807) is 12.1 Å². The van der Waals surface area contributed by atoms with Gasteiger partial charge in [0.1, 0.15) is 18.2 Å². The standard InChI is InChI=1S/C24H20FNO/c25-21-12-14-22(15-13-21)26-16-19-7-2-4-11-24(19)27-17-20-9-5-8-18-6-1-3-10-23(18)20/h1-15,26H,16-17H2. The van der Waals surface area contributed by atoms with Crippen LogP contribution in [0.3, 0.4) is 0 Å². The lowest BCUT2D eigenvalue weighted by molar-refractivity contribution is 0.304. The summed E-state index contributed by atoms with van der Waals surface area (Å²) >= 11 is 0. The normalized spacial score (nSPS) is 10.7. The third-order valence-corrected chi connectivity index (χ3v) is 4.56. The quantitative estimate of drug-likeness (QED) is 0.445. The van der Waals surface area contributed by atoms with Crippen LogP contribution in [0.1, 0.15) is 11.1 Å². The molecule has 0 aromatic heterocycles. The second-order valence-electron chi connectivity index (χ2n) is 6.40. The Balaban J connectivity index is 1.48. The molecule has 27 heavy (non-hydrogen) atoms. The van der Waals surface area contributed by atoms with Gasteiger partial charge < -0.3 is 10.1 Å². The Bertz CT molecular complexity index is 1040. The van der Waals surface area contributed by atoms with E-state index >= 15 is 0 Å². The molecule has 0 radical (unpaired) electrons. The minimum atomic E-state index is -0.237. The summed E-state index contributed by atoms with van der Waals surface area (Å²) in [6.07, 6.45) is 0. The number of halogens is 1. The van der Waals surface area contributed by atoms with E-state index in [2.05, 4.69) is 35.6 Å². The molecule has 134 valence electrons. The Morgan fingerprint density at radius 3 is 2.30 bits per heavy atom. The van der Waals surface area contributed by atoms with E-state index < -0.39 is 0 Å². The molecule has 0 saturated heterocycles. The van der Waals surface area contributed by atoms with Crippen molar-refractivity contribution in [3.63, 3.8) is 0 Å². The lowest BCUT2D eigenvalue weighted by Crippen LogP contribution is -2.04. The van der Waals surface area contributed by atoms with Gasteiger partial charge >= 0.3 is 0 Å². The lowest BCUT2D eigenvalue weighted by atomic mass is 10.1. The topological polar surface area (TPSA) is 21.3 Å². The van der Waals surface area contributed by atoms with Gasteiger partial charge in [0.25, 0.3) is 0 Å². The van der Waals surface area contributed by atoms with E-state index in [-0.39, 0.29) is 5.82 Å². The number of fused-ring (bicyclic) bond motifs is 1. The Kier molecular flexibility index (Phi) is 5.01. The van der Waals surface area contributed by atoms with Crippen molar-refractivity contribution < 1.29 is 9.13 Å². The minimum absolute atomic E-state index is 0.237. The maximum atomic E-state index is 13.0. The fourth-order valence-electron chi connectivity index (χ4n) is 3.13. The minimum Gasteiger partial charge on any atom is -0.489 e. The Labute approximate surface area is 158 Å². The van der Waals surface area contributed by atoms with Gasteiger partial charge in [-0.25, -0.2) is 4.39 Å². The van der Waals surface area contributed by atoms with Gasteiger partial charge in [0, 0.05) is 17.8 Å². The summed E-state index contributed by atoms with van der Waals surface area (Å²) in [7, 11) is 0. The van der Waals surface area contributed by atoms with Crippen LogP contribution in [0.4, 0.5) is 10.1 Å². The number of benzene rings is 4. The van der Waals surface area contributed by atoms with Crippen LogP contribution in [0.25, 0.3) is 10.8 Å². The largest absolute Gasteiger partial charge is 0.489 e. The lowest BCUT2D eigenvalue weighted by Gasteiger charge is -2.14. The summed E-state index contributed by atoms with van der Waals surface area (Å²) in [5.41, 5.74) is 3.09. The van der Waals surface area contributed by atoms with Crippen molar-refractivity contribution in [2.75, 3.05) is 5.32 Å². The Morgan fingerprint density at radius 1 is 0.704 bits per heavy atom. The van der Waals surface area contributed by atoms with Crippen LogP contribution in [0.15, 0.2) is 91.0 Å². The molecule has 4 rings (SSSR count). The van der Waals surface area contributed by atoms with E-state index in [0.29, 0.717) is 13.2 Å². The summed E-state index contributed by atoms with van der Waals surface area (Å²) in [5.74, 6) is 0.611. The summed E-state index contributed by atoms with van der Waals surface area (Å²) in [5, 5.41) is 5.73. The predicted molar refractivity (Wildman–Crippen MR) is 108 cm³/mol. The maximum Gasteiger partial charge on any atom is 0.124 e. The van der Waals surface area contributed by atoms with Gasteiger partial charge in [0.2, 0.25) is 0 Å². The van der Waals surface area contributed by atoms with Crippen molar-refractivity contribution in [3.05, 3.63) is 108 Å². The molecule has 0 aliphatic heterocycles. The van der Waals surface area contributed by atoms with E-state index in [4.69, 9.17) is 4.74 Å². The molecule has 3 heteroatoms. The van der Waals surface area contributed by atoms with Gasteiger partial charge in [-0.05, 0) is 46.7 Å². The molecule has 0 unspecified atom stereocenters. The first kappa shape index (κ1) is 17.1. The van der Waals surface area contributed by atoms with Gasteiger partial charge in [0.05, 0.1) is 0 Å². The van der Waals surface area contributed by atoms with Crippen molar-refractivity contribution in [1.29, 1.82) is 0 Å². The van der Waals surface area contributed by atoms with Gasteiger partial charge in [-0.1, -0.05) is 60.7 Å². The SMILES string of the molecule is Fc1ccc(NCc2ccccc2OCc2cccc3ccccc23)cc1. The summed E-state index contributed by atoms with van der Waals surface area (Å²) in [6.45, 7) is 1.12. The fraction of sp³-hybridized carbons (Fsp3) is 0.0833. The Hall–Kier alpha value is -3.33. The second kappa shape index (κ2) is 7.92. The summed E-state index contributed by atoms with van der Waals surface area (Å²) < 4.78 is 19.2. The molecule has 0 amide bonds. The highest BCUT2D eigenvalue weighted by atomic mass is 19.1. The number of hydrogen-bond acceptors (Lipinski definition) is 2. The molecule has 0 aliphatic rings. The van der Waals surface area contributed by atoms with Gasteiger partial charge in [-0.2, -0.15) is 0 Å². The van der Waals surface area contributed by atoms with Crippen LogP contribution >= 0.6 is 0 Å². The average molecular weight is 357 g/mol. The van der Waals surface area contributed by atoms with Crippen LogP contribution in [-0.4, -0.2) is 0 Å². The Morgan fingerprint density at radius 2 is 1.41 bits per heavy atom. The van der Waals surface area contributed by atoms with Crippen LogP contribution in [-0.2, 0) is 13.2 Å². The van der Waals surface area contributed by atoms with Crippen LogP contribution in [0.2, 0.25) is 0 Å². The zero-order chi connectivity index (χ0) is 18.5. The summed E-state index contributed by atoms with van der Waals surface area (Å²) in [6, 6.07) is 28.9. The highest BCUT2D eigenvalue weighted by molar-refractivity contribution is 5.85. The van der Waals surface area contributed by atoms with E-state index in [0.717, 1.165) is 22.6 Å². The number of ether oxygens (including phenoxy) is 1. The van der Waals surface area contributed by atoms with E-state index in [1.165, 1.54) is 22.9 Å². The molecule has 0 aliphatic carbocycles. The molecule has 1 N–H and O–H groups in total. The molecule has 4 aromatic rings. The highest BCUT2D eigenvalue weighted by Gasteiger charge is 2.06. The first-order chi connectivity index (χ1) is 13.3. The molecule has 4 aromatic carbocycles. The maximum absolute atomic E-state index is 13.0. The van der Waals surface area contributed by atoms with Crippen LogP contribution in [0, 0.1) is 5.82 Å². The van der Waals surface area contributed by atoms with Crippen LogP contribution < -0.4 is 10.1 Å². The number of hydrogen-bond donors (Lipinski definition) is 1. The highest BCUT2D eigenvalue weighted by Crippen LogP contribution is 2.24. The second-order valence-corrected chi connectivity index (χ2v) is 6.40. The van der Waals surface area contributed by atoms with Crippen molar-refractivity contribution in [3.8, 4) is 5.75 Å². The molecule has 2 nitrogen and oxygen atoms in total. The zero-order valence-electron chi connectivity index (χ0n) is 14.9. The van der Waals surface area contributed by atoms with Gasteiger partial charge in [0.15, 0.2) is 0 Å². The number of anilines is 1.